The van der Waals surface area contributed by atoms with Gasteiger partial charge in [0.05, 0.1) is 42.7 Å². The van der Waals surface area contributed by atoms with Gasteiger partial charge in [-0.1, -0.05) is 0 Å². The zero-order valence-electron chi connectivity index (χ0n) is 15.8. The molecule has 150 valence electrons. The van der Waals surface area contributed by atoms with Gasteiger partial charge in [0, 0.05) is 12.6 Å². The first-order valence-corrected chi connectivity index (χ1v) is 8.66. The Labute approximate surface area is 163 Å². The maximum Gasteiger partial charge on any atom is 0.416 e. The summed E-state index contributed by atoms with van der Waals surface area (Å²) < 4.78 is 52.2. The summed E-state index contributed by atoms with van der Waals surface area (Å²) in [7, 11) is 4.73. The molecule has 9 heteroatoms. The highest BCUT2D eigenvalue weighted by Crippen LogP contribution is 2.36. The Morgan fingerprint density at radius 3 is 2.41 bits per heavy atom. The third-order valence-electron chi connectivity index (χ3n) is 4.67. The van der Waals surface area contributed by atoms with Crippen LogP contribution in [-0.4, -0.2) is 35.6 Å². The van der Waals surface area contributed by atoms with Crippen LogP contribution in [0.2, 0.25) is 0 Å². The first kappa shape index (κ1) is 18.9. The topological polar surface area (TPSA) is 60.7 Å². The fraction of sp³-hybridized carbons (Fsp3) is 0.200. The van der Waals surface area contributed by atoms with Gasteiger partial charge < -0.3 is 14.8 Å². The van der Waals surface area contributed by atoms with Crippen LogP contribution in [0.5, 0.6) is 11.5 Å². The Bertz CT molecular complexity index is 1220. The molecule has 4 aromatic rings. The van der Waals surface area contributed by atoms with Crippen molar-refractivity contribution in [3.05, 3.63) is 48.2 Å². The summed E-state index contributed by atoms with van der Waals surface area (Å²) in [5, 5.41) is 2.95. The number of aromatic nitrogens is 3. The number of nitrogens with one attached hydrogen (secondary N) is 1. The van der Waals surface area contributed by atoms with Gasteiger partial charge in [0.15, 0.2) is 23.0 Å². The van der Waals surface area contributed by atoms with E-state index in [0.29, 0.717) is 45.3 Å². The molecular weight excluding hydrogens is 385 g/mol. The third-order valence-corrected chi connectivity index (χ3v) is 4.67. The van der Waals surface area contributed by atoms with Crippen molar-refractivity contribution in [1.29, 1.82) is 0 Å². The Morgan fingerprint density at radius 1 is 1.00 bits per heavy atom. The molecule has 0 unspecified atom stereocenters. The number of methoxy groups -OCH3 is 2. The van der Waals surface area contributed by atoms with E-state index in [9.17, 15) is 13.2 Å². The normalized spacial score (nSPS) is 11.8. The fourth-order valence-corrected chi connectivity index (χ4v) is 3.27. The van der Waals surface area contributed by atoms with Crippen molar-refractivity contribution in [2.24, 2.45) is 0 Å². The molecule has 1 N–H and O–H groups in total. The highest BCUT2D eigenvalue weighted by Gasteiger charge is 2.31. The lowest BCUT2D eigenvalue weighted by Gasteiger charge is -2.13. The SMILES string of the molecule is CNc1nc2ccc(C(F)(F)F)cc2n2c(-c3ccc(OC)c(OC)c3)cnc12. The molecule has 0 atom stereocenters. The van der Waals surface area contributed by atoms with Crippen LogP contribution in [0.1, 0.15) is 5.56 Å². The van der Waals surface area contributed by atoms with Crippen molar-refractivity contribution in [3.63, 3.8) is 0 Å². The number of fused-ring (bicyclic) bond motifs is 3. The summed E-state index contributed by atoms with van der Waals surface area (Å²) in [5.74, 6) is 1.51. The zero-order valence-corrected chi connectivity index (χ0v) is 15.8. The number of hydrogen-bond acceptors (Lipinski definition) is 5. The van der Waals surface area contributed by atoms with Crippen molar-refractivity contribution in [1.82, 2.24) is 14.4 Å². The number of hydrogen-bond donors (Lipinski definition) is 1. The summed E-state index contributed by atoms with van der Waals surface area (Å²) >= 11 is 0. The van der Waals surface area contributed by atoms with Gasteiger partial charge in [-0.05, 0) is 36.4 Å². The summed E-state index contributed by atoms with van der Waals surface area (Å²) in [6, 6.07) is 8.74. The van der Waals surface area contributed by atoms with E-state index in [4.69, 9.17) is 9.47 Å². The lowest BCUT2D eigenvalue weighted by Crippen LogP contribution is -2.07. The van der Waals surface area contributed by atoms with Gasteiger partial charge >= 0.3 is 6.18 Å². The maximum absolute atomic E-state index is 13.3. The number of rotatable bonds is 4. The van der Waals surface area contributed by atoms with Crippen LogP contribution in [0.15, 0.2) is 42.6 Å². The van der Waals surface area contributed by atoms with Gasteiger partial charge in [-0.2, -0.15) is 13.2 Å². The van der Waals surface area contributed by atoms with Crippen LogP contribution < -0.4 is 14.8 Å². The number of anilines is 1. The van der Waals surface area contributed by atoms with E-state index in [1.165, 1.54) is 20.3 Å². The van der Waals surface area contributed by atoms with Gasteiger partial charge in [0.25, 0.3) is 0 Å². The predicted molar refractivity (Wildman–Crippen MR) is 104 cm³/mol. The van der Waals surface area contributed by atoms with Gasteiger partial charge in [-0.25, -0.2) is 9.97 Å². The Balaban J connectivity index is 2.06. The van der Waals surface area contributed by atoms with Gasteiger partial charge in [-0.15, -0.1) is 0 Å². The molecule has 2 aromatic carbocycles. The molecule has 0 saturated carbocycles. The molecule has 0 spiro atoms. The second-order valence-electron chi connectivity index (χ2n) is 6.28. The second kappa shape index (κ2) is 6.84. The lowest BCUT2D eigenvalue weighted by atomic mass is 10.1. The van der Waals surface area contributed by atoms with Gasteiger partial charge in [0.2, 0.25) is 0 Å². The van der Waals surface area contributed by atoms with Gasteiger partial charge in [0.1, 0.15) is 0 Å². The molecule has 0 amide bonds. The summed E-state index contributed by atoms with van der Waals surface area (Å²) in [5.41, 5.74) is 1.69. The van der Waals surface area contributed by atoms with Crippen molar-refractivity contribution in [2.45, 2.75) is 6.18 Å². The average Bonchev–Trinajstić information content (AvgIpc) is 3.17. The average molecular weight is 402 g/mol. The summed E-state index contributed by atoms with van der Waals surface area (Å²) in [6.45, 7) is 0. The number of alkyl halides is 3. The predicted octanol–water partition coefficient (Wildman–Crippen LogP) is 4.63. The van der Waals surface area contributed by atoms with Crippen LogP contribution in [0.3, 0.4) is 0 Å². The first-order chi connectivity index (χ1) is 13.9. The number of nitrogens with zero attached hydrogens (tertiary/aromatic N) is 3. The number of halogens is 3. The van der Waals surface area contributed by atoms with Crippen molar-refractivity contribution in [3.8, 4) is 22.8 Å². The van der Waals surface area contributed by atoms with E-state index in [0.717, 1.165) is 12.1 Å². The highest BCUT2D eigenvalue weighted by atomic mass is 19.4. The Morgan fingerprint density at radius 2 is 1.76 bits per heavy atom. The molecule has 0 aliphatic heterocycles. The molecule has 0 bridgehead atoms. The van der Waals surface area contributed by atoms with E-state index < -0.39 is 11.7 Å². The van der Waals surface area contributed by atoms with Crippen LogP contribution in [0.4, 0.5) is 19.0 Å². The van der Waals surface area contributed by atoms with Crippen LogP contribution in [0.25, 0.3) is 27.9 Å². The van der Waals surface area contributed by atoms with Crippen LogP contribution in [-0.2, 0) is 6.18 Å². The van der Waals surface area contributed by atoms with Crippen molar-refractivity contribution in [2.75, 3.05) is 26.6 Å². The van der Waals surface area contributed by atoms with E-state index in [1.54, 1.807) is 35.8 Å². The maximum atomic E-state index is 13.3. The molecule has 0 aliphatic carbocycles. The van der Waals surface area contributed by atoms with E-state index >= 15 is 0 Å². The monoisotopic (exact) mass is 402 g/mol. The molecule has 0 radical (unpaired) electrons. The minimum Gasteiger partial charge on any atom is -0.493 e. The molecule has 0 saturated heterocycles. The van der Waals surface area contributed by atoms with E-state index in [-0.39, 0.29) is 0 Å². The molecule has 6 nitrogen and oxygen atoms in total. The second-order valence-corrected chi connectivity index (χ2v) is 6.28. The molecule has 2 heterocycles. The molecule has 2 aromatic heterocycles. The smallest absolute Gasteiger partial charge is 0.416 e. The molecule has 0 aliphatic rings. The lowest BCUT2D eigenvalue weighted by molar-refractivity contribution is -0.137. The van der Waals surface area contributed by atoms with Crippen molar-refractivity contribution >= 4 is 22.5 Å². The Kier molecular flexibility index (Phi) is 4.45. The van der Waals surface area contributed by atoms with Gasteiger partial charge in [-0.3, -0.25) is 4.40 Å². The van der Waals surface area contributed by atoms with E-state index in [2.05, 4.69) is 15.3 Å². The summed E-state index contributed by atoms with van der Waals surface area (Å²) in [4.78, 5) is 8.80. The first-order valence-electron chi connectivity index (χ1n) is 8.66. The largest absolute Gasteiger partial charge is 0.493 e. The number of ether oxygens (including phenoxy) is 2. The molecule has 29 heavy (non-hydrogen) atoms. The van der Waals surface area contributed by atoms with Crippen LogP contribution in [0, 0.1) is 0 Å². The summed E-state index contributed by atoms with van der Waals surface area (Å²) in [6.07, 6.45) is -2.87. The van der Waals surface area contributed by atoms with Crippen LogP contribution >= 0.6 is 0 Å². The highest BCUT2D eigenvalue weighted by molar-refractivity contribution is 5.87. The standard InChI is InChI=1S/C20H17F3N4O2/c1-24-18-19-25-10-15(11-4-7-16(28-2)17(8-11)29-3)27(19)14-9-12(20(21,22)23)5-6-13(14)26-18/h4-10H,1-3H3,(H,24,26). The quantitative estimate of drug-likeness (QED) is 0.540. The Hall–Kier alpha value is -3.49. The fourth-order valence-electron chi connectivity index (χ4n) is 3.27. The number of imidazole rings is 1. The third kappa shape index (κ3) is 3.08. The van der Waals surface area contributed by atoms with Crippen molar-refractivity contribution < 1.29 is 22.6 Å². The molecule has 0 fully saturated rings. The van der Waals surface area contributed by atoms with E-state index in [1.807, 2.05) is 0 Å². The molecular formula is C20H17F3N4O2. The molecule has 4 rings (SSSR count). The number of benzene rings is 2. The minimum absolute atomic E-state index is 0.302. The minimum atomic E-state index is -4.47. The zero-order chi connectivity index (χ0) is 20.8.